The van der Waals surface area contributed by atoms with Gasteiger partial charge in [-0.15, -0.1) is 12.4 Å². The van der Waals surface area contributed by atoms with E-state index in [2.05, 4.69) is 26.0 Å². The maximum absolute atomic E-state index is 12.5. The first-order chi connectivity index (χ1) is 10.1. The van der Waals surface area contributed by atoms with Gasteiger partial charge < -0.3 is 14.8 Å². The number of hydrogen-bond donors (Lipinski definition) is 2. The minimum Gasteiger partial charge on any atom is -0.486 e. The quantitative estimate of drug-likeness (QED) is 0.788. The standard InChI is InChI=1S/C13H17BrN2O4S.ClH/c14-10-7-11-12(20-6-5-19-11)8-13(10)21(17,18)16-9-1-3-15-4-2-9;/h7-9,15-16H,1-6H2;1H. The number of halogens is 2. The Morgan fingerprint density at radius 3 is 2.36 bits per heavy atom. The number of hydrogen-bond acceptors (Lipinski definition) is 5. The minimum atomic E-state index is -3.58. The summed E-state index contributed by atoms with van der Waals surface area (Å²) in [5, 5.41) is 3.21. The molecule has 2 N–H and O–H groups in total. The number of sulfonamides is 1. The first kappa shape index (κ1) is 17.8. The maximum Gasteiger partial charge on any atom is 0.242 e. The number of rotatable bonds is 3. The van der Waals surface area contributed by atoms with Crippen molar-refractivity contribution in [3.8, 4) is 11.5 Å². The molecule has 2 aliphatic rings. The molecule has 2 aliphatic heterocycles. The molecule has 124 valence electrons. The van der Waals surface area contributed by atoms with Gasteiger partial charge in [0.15, 0.2) is 11.5 Å². The molecular weight excluding hydrogens is 396 g/mol. The third-order valence-electron chi connectivity index (χ3n) is 3.55. The predicted molar refractivity (Wildman–Crippen MR) is 88.6 cm³/mol. The number of piperidine rings is 1. The van der Waals surface area contributed by atoms with E-state index in [1.165, 1.54) is 6.07 Å². The van der Waals surface area contributed by atoms with Crippen molar-refractivity contribution in [1.82, 2.24) is 10.0 Å². The van der Waals surface area contributed by atoms with Gasteiger partial charge in [-0.2, -0.15) is 0 Å². The van der Waals surface area contributed by atoms with E-state index in [0.29, 0.717) is 29.2 Å². The van der Waals surface area contributed by atoms with Crippen LogP contribution in [0.5, 0.6) is 11.5 Å². The summed E-state index contributed by atoms with van der Waals surface area (Å²) in [5.74, 6) is 1.03. The van der Waals surface area contributed by atoms with E-state index in [4.69, 9.17) is 9.47 Å². The van der Waals surface area contributed by atoms with Gasteiger partial charge in [0.2, 0.25) is 10.0 Å². The molecule has 0 unspecified atom stereocenters. The molecule has 0 atom stereocenters. The zero-order valence-corrected chi connectivity index (χ0v) is 15.0. The van der Waals surface area contributed by atoms with Crippen molar-refractivity contribution in [2.24, 2.45) is 0 Å². The molecule has 0 saturated carbocycles. The van der Waals surface area contributed by atoms with Crippen LogP contribution in [0.25, 0.3) is 0 Å². The van der Waals surface area contributed by atoms with Crippen LogP contribution in [0, 0.1) is 0 Å². The Morgan fingerprint density at radius 1 is 1.14 bits per heavy atom. The van der Waals surface area contributed by atoms with Crippen LogP contribution >= 0.6 is 28.3 Å². The van der Waals surface area contributed by atoms with Crippen LogP contribution in [-0.2, 0) is 10.0 Å². The lowest BCUT2D eigenvalue weighted by atomic mass is 10.1. The molecule has 6 nitrogen and oxygen atoms in total. The van der Waals surface area contributed by atoms with E-state index in [9.17, 15) is 8.42 Å². The van der Waals surface area contributed by atoms with E-state index in [0.717, 1.165) is 25.9 Å². The number of fused-ring (bicyclic) bond motifs is 1. The largest absolute Gasteiger partial charge is 0.486 e. The zero-order chi connectivity index (χ0) is 14.9. The number of benzene rings is 1. The van der Waals surface area contributed by atoms with Gasteiger partial charge in [-0.1, -0.05) is 0 Å². The Labute approximate surface area is 144 Å². The molecular formula is C13H18BrClN2O4S. The van der Waals surface area contributed by atoms with Crippen molar-refractivity contribution < 1.29 is 17.9 Å². The summed E-state index contributed by atoms with van der Waals surface area (Å²) in [6.45, 7) is 2.56. The van der Waals surface area contributed by atoms with Gasteiger partial charge in [0.05, 0.1) is 0 Å². The normalized spacial score (nSPS) is 18.6. The lowest BCUT2D eigenvalue weighted by molar-refractivity contribution is 0.171. The number of ether oxygens (including phenoxy) is 2. The number of nitrogens with one attached hydrogen (secondary N) is 2. The molecule has 0 spiro atoms. The van der Waals surface area contributed by atoms with Crippen molar-refractivity contribution in [1.29, 1.82) is 0 Å². The highest BCUT2D eigenvalue weighted by atomic mass is 79.9. The Morgan fingerprint density at radius 2 is 1.73 bits per heavy atom. The molecule has 1 fully saturated rings. The molecule has 0 amide bonds. The van der Waals surface area contributed by atoms with Gasteiger partial charge in [0.1, 0.15) is 18.1 Å². The van der Waals surface area contributed by atoms with Gasteiger partial charge in [-0.3, -0.25) is 0 Å². The summed E-state index contributed by atoms with van der Waals surface area (Å²) >= 11 is 3.31. The average molecular weight is 414 g/mol. The van der Waals surface area contributed by atoms with Crippen LogP contribution < -0.4 is 19.5 Å². The fourth-order valence-electron chi connectivity index (χ4n) is 2.47. The molecule has 0 aliphatic carbocycles. The van der Waals surface area contributed by atoms with Crippen molar-refractivity contribution >= 4 is 38.4 Å². The summed E-state index contributed by atoms with van der Waals surface area (Å²) in [6.07, 6.45) is 1.59. The third-order valence-corrected chi connectivity index (χ3v) is 6.03. The topological polar surface area (TPSA) is 76.7 Å². The van der Waals surface area contributed by atoms with E-state index in [-0.39, 0.29) is 23.3 Å². The molecule has 0 bridgehead atoms. The summed E-state index contributed by atoms with van der Waals surface area (Å²) in [5.41, 5.74) is 0. The van der Waals surface area contributed by atoms with Gasteiger partial charge >= 0.3 is 0 Å². The zero-order valence-electron chi connectivity index (χ0n) is 11.8. The van der Waals surface area contributed by atoms with Crippen molar-refractivity contribution in [2.75, 3.05) is 26.3 Å². The monoisotopic (exact) mass is 412 g/mol. The van der Waals surface area contributed by atoms with Crippen molar-refractivity contribution in [3.05, 3.63) is 16.6 Å². The first-order valence-corrected chi connectivity index (χ1v) is 9.16. The minimum absolute atomic E-state index is 0. The smallest absolute Gasteiger partial charge is 0.242 e. The highest BCUT2D eigenvalue weighted by molar-refractivity contribution is 9.10. The van der Waals surface area contributed by atoms with Crippen molar-refractivity contribution in [2.45, 2.75) is 23.8 Å². The van der Waals surface area contributed by atoms with Crippen LogP contribution in [0.2, 0.25) is 0 Å². The van der Waals surface area contributed by atoms with Crippen LogP contribution in [0.15, 0.2) is 21.5 Å². The second kappa shape index (κ2) is 7.35. The molecule has 1 aromatic rings. The van der Waals surface area contributed by atoms with E-state index in [1.807, 2.05) is 0 Å². The van der Waals surface area contributed by atoms with E-state index in [1.54, 1.807) is 6.07 Å². The summed E-state index contributed by atoms with van der Waals surface area (Å²) in [4.78, 5) is 0.185. The molecule has 0 aromatic heterocycles. The lowest BCUT2D eigenvalue weighted by Gasteiger charge is -2.24. The maximum atomic E-state index is 12.5. The SMILES string of the molecule is Cl.O=S(=O)(NC1CCNCC1)c1cc2c(cc1Br)OCCO2. The van der Waals surface area contributed by atoms with E-state index >= 15 is 0 Å². The Kier molecular flexibility index (Phi) is 5.95. The van der Waals surface area contributed by atoms with Gasteiger partial charge in [0.25, 0.3) is 0 Å². The second-order valence-electron chi connectivity index (χ2n) is 5.07. The molecule has 3 rings (SSSR count). The highest BCUT2D eigenvalue weighted by Crippen LogP contribution is 2.37. The fraction of sp³-hybridized carbons (Fsp3) is 0.538. The Bertz CT molecular complexity index is 635. The average Bonchev–Trinajstić information content (AvgIpc) is 2.47. The predicted octanol–water partition coefficient (Wildman–Crippen LogP) is 1.67. The van der Waals surface area contributed by atoms with Gasteiger partial charge in [-0.05, 0) is 47.9 Å². The molecule has 1 aromatic carbocycles. The van der Waals surface area contributed by atoms with Gasteiger partial charge in [0, 0.05) is 16.6 Å². The second-order valence-corrected chi connectivity index (χ2v) is 7.61. The van der Waals surface area contributed by atoms with Gasteiger partial charge in [-0.25, -0.2) is 13.1 Å². The molecule has 1 saturated heterocycles. The Balaban J connectivity index is 0.00000176. The molecule has 0 radical (unpaired) electrons. The molecule has 2 heterocycles. The summed E-state index contributed by atoms with van der Waals surface area (Å²) in [6, 6.07) is 3.13. The van der Waals surface area contributed by atoms with Crippen LogP contribution in [0.3, 0.4) is 0 Å². The fourth-order valence-corrected chi connectivity index (χ4v) is 4.81. The van der Waals surface area contributed by atoms with Crippen LogP contribution in [0.1, 0.15) is 12.8 Å². The first-order valence-electron chi connectivity index (χ1n) is 6.88. The van der Waals surface area contributed by atoms with E-state index < -0.39 is 10.0 Å². The summed E-state index contributed by atoms with van der Waals surface area (Å²) in [7, 11) is -3.58. The third kappa shape index (κ3) is 3.86. The Hall–Kier alpha value is -0.540. The van der Waals surface area contributed by atoms with Crippen molar-refractivity contribution in [3.63, 3.8) is 0 Å². The summed E-state index contributed by atoms with van der Waals surface area (Å²) < 4.78 is 39.2. The van der Waals surface area contributed by atoms with Crippen LogP contribution in [0.4, 0.5) is 0 Å². The highest BCUT2D eigenvalue weighted by Gasteiger charge is 2.26. The molecule has 22 heavy (non-hydrogen) atoms. The van der Waals surface area contributed by atoms with Crippen LogP contribution in [-0.4, -0.2) is 40.8 Å². The lowest BCUT2D eigenvalue weighted by Crippen LogP contribution is -2.42. The molecule has 9 heteroatoms.